The Morgan fingerprint density at radius 2 is 1.70 bits per heavy atom. The molecule has 0 saturated carbocycles. The van der Waals surface area contributed by atoms with E-state index in [9.17, 15) is 4.79 Å². The number of nitrogens with zero attached hydrogens (tertiary/aromatic N) is 1. The summed E-state index contributed by atoms with van der Waals surface area (Å²) in [5.41, 5.74) is 4.84. The highest BCUT2D eigenvalue weighted by molar-refractivity contribution is 9.11. The molecule has 0 fully saturated rings. The monoisotopic (exact) mass is 624 g/mol. The smallest absolute Gasteiger partial charge is 0.271 e. The molecule has 37 heavy (non-hydrogen) atoms. The molecule has 0 aliphatic rings. The molecule has 0 aliphatic heterocycles. The second-order valence-electron chi connectivity index (χ2n) is 8.15. The highest BCUT2D eigenvalue weighted by Gasteiger charge is 2.12. The van der Waals surface area contributed by atoms with Gasteiger partial charge in [-0.2, -0.15) is 5.10 Å². The molecule has 4 rings (SSSR count). The van der Waals surface area contributed by atoms with Gasteiger partial charge in [0.2, 0.25) is 0 Å². The molecule has 0 atom stereocenters. The van der Waals surface area contributed by atoms with E-state index >= 15 is 0 Å². The fraction of sp³-hybridized carbons (Fsp3) is 0.172. The van der Waals surface area contributed by atoms with Gasteiger partial charge >= 0.3 is 0 Å². The van der Waals surface area contributed by atoms with Crippen molar-refractivity contribution >= 4 is 54.8 Å². The summed E-state index contributed by atoms with van der Waals surface area (Å²) in [5, 5.41) is 6.45. The summed E-state index contributed by atoms with van der Waals surface area (Å²) < 4.78 is 18.7. The second-order valence-corrected chi connectivity index (χ2v) is 9.86. The lowest BCUT2D eigenvalue weighted by Gasteiger charge is -2.13. The summed E-state index contributed by atoms with van der Waals surface area (Å²) >= 11 is 7.18. The molecule has 0 spiro atoms. The minimum atomic E-state index is -0.357. The summed E-state index contributed by atoms with van der Waals surface area (Å²) in [6.07, 6.45) is 2.45. The molecule has 8 heteroatoms. The van der Waals surface area contributed by atoms with Crippen molar-refractivity contribution < 1.29 is 19.0 Å². The van der Waals surface area contributed by atoms with Crippen LogP contribution in [-0.4, -0.2) is 25.8 Å². The van der Waals surface area contributed by atoms with Crippen molar-refractivity contribution in [3.8, 4) is 17.2 Å². The van der Waals surface area contributed by atoms with Crippen molar-refractivity contribution in [2.24, 2.45) is 5.10 Å². The Morgan fingerprint density at radius 3 is 2.46 bits per heavy atom. The molecule has 0 heterocycles. The maximum atomic E-state index is 12.6. The van der Waals surface area contributed by atoms with Crippen molar-refractivity contribution in [1.82, 2.24) is 5.43 Å². The molecule has 190 valence electrons. The van der Waals surface area contributed by atoms with E-state index in [-0.39, 0.29) is 5.91 Å². The molecule has 1 amide bonds. The third-order valence-electron chi connectivity index (χ3n) is 5.54. The first-order chi connectivity index (χ1) is 18.0. The van der Waals surface area contributed by atoms with Gasteiger partial charge in [-0.15, -0.1) is 0 Å². The first kappa shape index (κ1) is 26.7. The number of carbonyl (C=O) groups excluding carboxylic acids is 1. The van der Waals surface area contributed by atoms with Gasteiger partial charge in [0.05, 0.1) is 28.9 Å². The summed E-state index contributed by atoms with van der Waals surface area (Å²) in [6.45, 7) is 3.02. The molecule has 0 radical (unpaired) electrons. The topological polar surface area (TPSA) is 69.2 Å². The first-order valence-corrected chi connectivity index (χ1v) is 13.3. The quantitative estimate of drug-likeness (QED) is 0.146. The Balaban J connectivity index is 1.41. The zero-order valence-electron chi connectivity index (χ0n) is 20.5. The number of benzene rings is 4. The second kappa shape index (κ2) is 12.7. The van der Waals surface area contributed by atoms with Crippen molar-refractivity contribution in [2.45, 2.75) is 20.0 Å². The lowest BCUT2D eigenvalue weighted by Crippen LogP contribution is -2.17. The van der Waals surface area contributed by atoms with Crippen LogP contribution in [0.2, 0.25) is 0 Å². The van der Waals surface area contributed by atoms with Gasteiger partial charge in [0.15, 0.2) is 11.5 Å². The fourth-order valence-electron chi connectivity index (χ4n) is 3.73. The molecule has 0 aromatic heterocycles. The van der Waals surface area contributed by atoms with E-state index in [4.69, 9.17) is 14.2 Å². The number of rotatable bonds is 10. The Labute approximate surface area is 232 Å². The molecule has 6 nitrogen and oxygen atoms in total. The predicted molar refractivity (Wildman–Crippen MR) is 154 cm³/mol. The van der Waals surface area contributed by atoms with Gasteiger partial charge in [-0.3, -0.25) is 4.79 Å². The largest absolute Gasteiger partial charge is 0.493 e. The molecule has 4 aromatic carbocycles. The van der Waals surface area contributed by atoms with E-state index < -0.39 is 0 Å². The van der Waals surface area contributed by atoms with E-state index in [1.54, 1.807) is 31.5 Å². The highest BCUT2D eigenvalue weighted by atomic mass is 79.9. The number of methoxy groups -OCH3 is 1. The molecule has 4 aromatic rings. The maximum absolute atomic E-state index is 12.6. The van der Waals surface area contributed by atoms with E-state index in [2.05, 4.69) is 66.7 Å². The average Bonchev–Trinajstić information content (AvgIpc) is 2.91. The summed E-state index contributed by atoms with van der Waals surface area (Å²) in [5.74, 6) is 1.43. The van der Waals surface area contributed by atoms with E-state index in [0.29, 0.717) is 36.0 Å². The minimum absolute atomic E-state index is 0.357. The van der Waals surface area contributed by atoms with Gasteiger partial charge in [-0.1, -0.05) is 49.4 Å². The lowest BCUT2D eigenvalue weighted by atomic mass is 10.1. The Morgan fingerprint density at radius 1 is 0.946 bits per heavy atom. The van der Waals surface area contributed by atoms with Crippen LogP contribution in [0.4, 0.5) is 0 Å². The SMILES string of the molecule is CCCOc1ccc(C(=O)N/N=C/c2cc(Br)c(OCc3cccc4ccccc34)c(Br)c2)cc1OC. The zero-order chi connectivity index (χ0) is 26.2. The normalized spacial score (nSPS) is 11.0. The average molecular weight is 626 g/mol. The van der Waals surface area contributed by atoms with Crippen LogP contribution in [0.3, 0.4) is 0 Å². The standard InChI is InChI=1S/C29H26Br2N2O4/c1-3-13-36-26-12-11-21(16-27(26)35-2)29(34)33-32-17-19-14-24(30)28(25(31)15-19)37-18-22-9-6-8-20-7-4-5-10-23(20)22/h4-12,14-17H,3,13,18H2,1-2H3,(H,33,34)/b32-17+. The van der Waals surface area contributed by atoms with Gasteiger partial charge < -0.3 is 14.2 Å². The van der Waals surface area contributed by atoms with Crippen LogP contribution in [0.25, 0.3) is 10.8 Å². The number of hydrogen-bond acceptors (Lipinski definition) is 5. The van der Waals surface area contributed by atoms with Gasteiger partial charge in [0, 0.05) is 5.56 Å². The first-order valence-electron chi connectivity index (χ1n) is 11.7. The van der Waals surface area contributed by atoms with Crippen LogP contribution in [-0.2, 0) is 6.61 Å². The fourth-order valence-corrected chi connectivity index (χ4v) is 5.18. The number of hydrogen-bond donors (Lipinski definition) is 1. The summed E-state index contributed by atoms with van der Waals surface area (Å²) in [7, 11) is 1.54. The van der Waals surface area contributed by atoms with Crippen LogP contribution < -0.4 is 19.6 Å². The number of halogens is 2. The molecular weight excluding hydrogens is 600 g/mol. The molecule has 0 bridgehead atoms. The predicted octanol–water partition coefficient (Wildman–Crippen LogP) is 7.51. The van der Waals surface area contributed by atoms with Gasteiger partial charge in [0.1, 0.15) is 12.4 Å². The molecule has 0 saturated heterocycles. The van der Waals surface area contributed by atoms with Crippen molar-refractivity contribution in [2.75, 3.05) is 13.7 Å². The van der Waals surface area contributed by atoms with E-state index in [1.807, 2.05) is 37.3 Å². The Hall–Kier alpha value is -3.36. The Bertz CT molecular complexity index is 1410. The molecule has 0 aliphatic carbocycles. The number of carbonyl (C=O) groups is 1. The number of fused-ring (bicyclic) bond motifs is 1. The molecule has 1 N–H and O–H groups in total. The van der Waals surface area contributed by atoms with Crippen LogP contribution in [0.15, 0.2) is 86.8 Å². The number of hydrazone groups is 1. The maximum Gasteiger partial charge on any atom is 0.271 e. The zero-order valence-corrected chi connectivity index (χ0v) is 23.6. The lowest BCUT2D eigenvalue weighted by molar-refractivity contribution is 0.0954. The van der Waals surface area contributed by atoms with Gasteiger partial charge in [-0.25, -0.2) is 5.43 Å². The third-order valence-corrected chi connectivity index (χ3v) is 6.72. The van der Waals surface area contributed by atoms with Crippen LogP contribution >= 0.6 is 31.9 Å². The van der Waals surface area contributed by atoms with E-state index in [1.165, 1.54) is 5.39 Å². The van der Waals surface area contributed by atoms with Crippen molar-refractivity contribution in [3.05, 3.63) is 98.4 Å². The number of ether oxygens (including phenoxy) is 3. The number of amides is 1. The van der Waals surface area contributed by atoms with Crippen molar-refractivity contribution in [1.29, 1.82) is 0 Å². The number of nitrogens with one attached hydrogen (secondary N) is 1. The third kappa shape index (κ3) is 6.70. The molecule has 0 unspecified atom stereocenters. The van der Waals surface area contributed by atoms with E-state index in [0.717, 1.165) is 31.9 Å². The van der Waals surface area contributed by atoms with Gasteiger partial charge in [-0.05, 0) is 90.5 Å². The Kier molecular flexibility index (Phi) is 9.19. The van der Waals surface area contributed by atoms with Crippen molar-refractivity contribution in [3.63, 3.8) is 0 Å². The van der Waals surface area contributed by atoms with Gasteiger partial charge in [0.25, 0.3) is 5.91 Å². The summed E-state index contributed by atoms with van der Waals surface area (Å²) in [6, 6.07) is 23.2. The highest BCUT2D eigenvalue weighted by Crippen LogP contribution is 2.35. The minimum Gasteiger partial charge on any atom is -0.493 e. The molecular formula is C29H26Br2N2O4. The van der Waals surface area contributed by atoms with Crippen LogP contribution in [0.5, 0.6) is 17.2 Å². The summed E-state index contributed by atoms with van der Waals surface area (Å²) in [4.78, 5) is 12.6. The van der Waals surface area contributed by atoms with Crippen LogP contribution in [0, 0.1) is 0 Å². The van der Waals surface area contributed by atoms with Crippen LogP contribution in [0.1, 0.15) is 34.8 Å².